The molecule has 0 fully saturated rings. The van der Waals surface area contributed by atoms with E-state index in [1.807, 2.05) is 24.3 Å². The Hall–Kier alpha value is -2.46. The number of hydrogen-bond donors (Lipinski definition) is 0. The van der Waals surface area contributed by atoms with Crippen LogP contribution in [0, 0.1) is 6.92 Å². The minimum Gasteiger partial charge on any atom is -0.291 e. The monoisotopic (exact) mass is 308 g/mol. The van der Waals surface area contributed by atoms with E-state index in [0.29, 0.717) is 17.9 Å². The summed E-state index contributed by atoms with van der Waals surface area (Å²) in [7, 11) is 0. The Morgan fingerprint density at radius 3 is 2.43 bits per heavy atom. The van der Waals surface area contributed by atoms with Gasteiger partial charge in [0.15, 0.2) is 0 Å². The first-order chi connectivity index (χ1) is 11.1. The summed E-state index contributed by atoms with van der Waals surface area (Å²) in [6.07, 6.45) is 0. The van der Waals surface area contributed by atoms with E-state index in [4.69, 9.17) is 0 Å². The van der Waals surface area contributed by atoms with Gasteiger partial charge in [-0.05, 0) is 36.7 Å². The molecule has 0 N–H and O–H groups in total. The molecule has 0 bridgehead atoms. The fraction of sp³-hybridized carbons (Fsp3) is 0.263. The Morgan fingerprint density at radius 1 is 1.00 bits per heavy atom. The predicted octanol–water partition coefficient (Wildman–Crippen LogP) is 3.00. The molecule has 1 aliphatic rings. The van der Waals surface area contributed by atoms with Gasteiger partial charge in [-0.25, -0.2) is 0 Å². The van der Waals surface area contributed by atoms with Crippen LogP contribution in [0.2, 0.25) is 0 Å². The van der Waals surface area contributed by atoms with E-state index < -0.39 is 11.7 Å². The normalized spacial score (nSPS) is 13.8. The molecule has 23 heavy (non-hydrogen) atoms. The molecular weight excluding hydrogens is 288 g/mol. The molecular formula is C19H20N2O2. The zero-order valence-electron chi connectivity index (χ0n) is 13.5. The summed E-state index contributed by atoms with van der Waals surface area (Å²) >= 11 is 0. The Labute approximate surface area is 136 Å². The largest absolute Gasteiger partial charge is 0.300 e. The fourth-order valence-corrected chi connectivity index (χ4v) is 2.88. The molecule has 1 aliphatic heterocycles. The third-order valence-electron chi connectivity index (χ3n) is 4.32. The average Bonchev–Trinajstić information content (AvgIpc) is 2.81. The fourth-order valence-electron chi connectivity index (χ4n) is 2.88. The summed E-state index contributed by atoms with van der Waals surface area (Å²) in [5.41, 5.74) is 3.69. The number of carbonyl (C=O) groups is 2. The number of rotatable bonds is 5. The van der Waals surface area contributed by atoms with Crippen LogP contribution >= 0.6 is 0 Å². The molecule has 1 amide bonds. The van der Waals surface area contributed by atoms with Crippen LogP contribution in [0.25, 0.3) is 0 Å². The molecule has 0 spiro atoms. The molecule has 0 unspecified atom stereocenters. The van der Waals surface area contributed by atoms with Gasteiger partial charge in [0.2, 0.25) is 0 Å². The van der Waals surface area contributed by atoms with Crippen LogP contribution in [0.15, 0.2) is 48.5 Å². The van der Waals surface area contributed by atoms with Crippen LogP contribution in [-0.2, 0) is 11.3 Å². The number of para-hydroxylation sites is 1. The topological polar surface area (TPSA) is 40.6 Å². The first-order valence-electron chi connectivity index (χ1n) is 7.84. The van der Waals surface area contributed by atoms with Gasteiger partial charge in [-0.1, -0.05) is 43.3 Å². The lowest BCUT2D eigenvalue weighted by molar-refractivity contribution is -0.114. The molecule has 0 radical (unpaired) electrons. The third-order valence-corrected chi connectivity index (χ3v) is 4.32. The van der Waals surface area contributed by atoms with Crippen molar-refractivity contribution in [2.24, 2.45) is 0 Å². The number of fused-ring (bicyclic) bond motifs is 1. The molecule has 2 aromatic rings. The summed E-state index contributed by atoms with van der Waals surface area (Å²) in [4.78, 5) is 28.1. The Balaban J connectivity index is 1.81. The van der Waals surface area contributed by atoms with Gasteiger partial charge in [0, 0.05) is 6.54 Å². The first kappa shape index (κ1) is 15.4. The maximum Gasteiger partial charge on any atom is 0.300 e. The van der Waals surface area contributed by atoms with Gasteiger partial charge in [0.1, 0.15) is 0 Å². The number of benzene rings is 2. The molecule has 4 nitrogen and oxygen atoms in total. The molecule has 118 valence electrons. The van der Waals surface area contributed by atoms with Crippen LogP contribution in [-0.4, -0.2) is 29.8 Å². The van der Waals surface area contributed by atoms with Gasteiger partial charge in [-0.2, -0.15) is 0 Å². The second-order valence-corrected chi connectivity index (χ2v) is 5.79. The molecule has 0 saturated heterocycles. The van der Waals surface area contributed by atoms with E-state index in [0.717, 1.165) is 13.1 Å². The van der Waals surface area contributed by atoms with E-state index in [9.17, 15) is 9.59 Å². The number of nitrogens with zero attached hydrogens (tertiary/aromatic N) is 2. The van der Waals surface area contributed by atoms with Crippen LogP contribution in [0.1, 0.15) is 28.4 Å². The lowest BCUT2D eigenvalue weighted by Gasteiger charge is -2.27. The minimum absolute atomic E-state index is 0.410. The molecule has 0 aliphatic carbocycles. The molecule has 0 atom stereocenters. The number of anilines is 1. The van der Waals surface area contributed by atoms with Crippen molar-refractivity contribution in [1.29, 1.82) is 0 Å². The van der Waals surface area contributed by atoms with Gasteiger partial charge in [0.25, 0.3) is 5.78 Å². The number of amides is 1. The Bertz CT molecular complexity index is 755. The zero-order chi connectivity index (χ0) is 16.4. The molecule has 0 aromatic heterocycles. The summed E-state index contributed by atoms with van der Waals surface area (Å²) in [6.45, 7) is 6.12. The van der Waals surface area contributed by atoms with Crippen molar-refractivity contribution in [3.05, 3.63) is 65.2 Å². The van der Waals surface area contributed by atoms with Gasteiger partial charge < -0.3 is 0 Å². The highest BCUT2D eigenvalue weighted by molar-refractivity contribution is 6.52. The SMILES string of the molecule is CCN(Cc1ccccc1C)CN1C(=O)C(=O)c2ccccc21. The van der Waals surface area contributed by atoms with Crippen LogP contribution in [0.4, 0.5) is 5.69 Å². The van der Waals surface area contributed by atoms with Crippen molar-refractivity contribution in [2.75, 3.05) is 18.1 Å². The number of aryl methyl sites for hydroxylation is 1. The molecule has 2 aromatic carbocycles. The molecule has 3 rings (SSSR count). The molecule has 1 heterocycles. The third kappa shape index (κ3) is 2.90. The van der Waals surface area contributed by atoms with E-state index in [-0.39, 0.29) is 0 Å². The standard InChI is InChI=1S/C19H20N2O2/c1-3-20(12-15-9-5-4-8-14(15)2)13-21-17-11-7-6-10-16(17)18(22)19(21)23/h4-11H,3,12-13H2,1-2H3. The summed E-state index contributed by atoms with van der Waals surface area (Å²) in [5.74, 6) is -0.845. The van der Waals surface area contributed by atoms with E-state index in [2.05, 4.69) is 30.9 Å². The number of carbonyl (C=O) groups excluding carboxylic acids is 2. The summed E-state index contributed by atoms with van der Waals surface area (Å²) < 4.78 is 0. The van der Waals surface area contributed by atoms with Crippen molar-refractivity contribution in [3.8, 4) is 0 Å². The second kappa shape index (κ2) is 6.34. The van der Waals surface area contributed by atoms with Crippen molar-refractivity contribution in [3.63, 3.8) is 0 Å². The maximum atomic E-state index is 12.3. The Morgan fingerprint density at radius 2 is 1.70 bits per heavy atom. The Kier molecular flexibility index (Phi) is 4.26. The smallest absolute Gasteiger partial charge is 0.291 e. The lowest BCUT2D eigenvalue weighted by atomic mass is 10.1. The van der Waals surface area contributed by atoms with Crippen molar-refractivity contribution in [2.45, 2.75) is 20.4 Å². The molecule has 0 saturated carbocycles. The highest BCUT2D eigenvalue weighted by Gasteiger charge is 2.35. The van der Waals surface area contributed by atoms with Gasteiger partial charge in [0.05, 0.1) is 17.9 Å². The van der Waals surface area contributed by atoms with Gasteiger partial charge in [-0.3, -0.25) is 19.4 Å². The van der Waals surface area contributed by atoms with E-state index in [1.165, 1.54) is 11.1 Å². The first-order valence-corrected chi connectivity index (χ1v) is 7.84. The summed E-state index contributed by atoms with van der Waals surface area (Å²) in [5, 5.41) is 0. The second-order valence-electron chi connectivity index (χ2n) is 5.79. The molecule has 4 heteroatoms. The highest BCUT2D eigenvalue weighted by Crippen LogP contribution is 2.28. The van der Waals surface area contributed by atoms with E-state index >= 15 is 0 Å². The van der Waals surface area contributed by atoms with E-state index in [1.54, 1.807) is 17.0 Å². The summed E-state index contributed by atoms with van der Waals surface area (Å²) in [6, 6.07) is 15.4. The van der Waals surface area contributed by atoms with Crippen LogP contribution < -0.4 is 4.90 Å². The minimum atomic E-state index is -0.436. The number of Topliss-reactive ketones (excluding diaryl/α,β-unsaturated/α-hetero) is 1. The van der Waals surface area contributed by atoms with Crippen molar-refractivity contribution >= 4 is 17.4 Å². The van der Waals surface area contributed by atoms with Crippen LogP contribution in [0.3, 0.4) is 0 Å². The van der Waals surface area contributed by atoms with Crippen molar-refractivity contribution in [1.82, 2.24) is 4.90 Å². The lowest BCUT2D eigenvalue weighted by Crippen LogP contribution is -2.40. The van der Waals surface area contributed by atoms with Crippen molar-refractivity contribution < 1.29 is 9.59 Å². The van der Waals surface area contributed by atoms with Gasteiger partial charge in [-0.15, -0.1) is 0 Å². The van der Waals surface area contributed by atoms with Crippen LogP contribution in [0.5, 0.6) is 0 Å². The zero-order valence-corrected chi connectivity index (χ0v) is 13.5. The predicted molar refractivity (Wildman–Crippen MR) is 90.4 cm³/mol. The quantitative estimate of drug-likeness (QED) is 0.797. The van der Waals surface area contributed by atoms with Gasteiger partial charge >= 0.3 is 5.91 Å². The number of ketones is 1. The average molecular weight is 308 g/mol. The maximum absolute atomic E-state index is 12.3. The highest BCUT2D eigenvalue weighted by atomic mass is 16.2. The number of hydrogen-bond acceptors (Lipinski definition) is 3.